The molecule has 0 amide bonds. The van der Waals surface area contributed by atoms with Gasteiger partial charge in [-0.25, -0.2) is 4.79 Å². The van der Waals surface area contributed by atoms with E-state index in [-0.39, 0.29) is 50.1 Å². The third kappa shape index (κ3) is 36.4. The maximum atomic E-state index is 12.8. The molecule has 10 heteroatoms. The van der Waals surface area contributed by atoms with Gasteiger partial charge in [0.2, 0.25) is 0 Å². The molecular formula is C43H81NO9. The standard InChI is InChI=1S/C43H81NO9/c1-6-9-12-15-16-17-18-19-22-23-27-39(53-43(48)50-34-26-33-44(4)5)32-35-49-42(47)31-30-38(36-51-40(45)28-24-20-13-10-7-2)37-52-41(46)29-25-21-14-11-8-3/h38-39H,6-37H2,1-5H3. The highest BCUT2D eigenvalue weighted by Crippen LogP contribution is 2.17. The Labute approximate surface area is 324 Å². The summed E-state index contributed by atoms with van der Waals surface area (Å²) in [5.74, 6) is -1.21. The first-order chi connectivity index (χ1) is 25.7. The highest BCUT2D eigenvalue weighted by molar-refractivity contribution is 5.70. The molecule has 0 bridgehead atoms. The van der Waals surface area contributed by atoms with Crippen LogP contribution in [0.15, 0.2) is 0 Å². The van der Waals surface area contributed by atoms with Crippen LogP contribution in [0.2, 0.25) is 0 Å². The third-order valence-electron chi connectivity index (χ3n) is 9.50. The number of unbranched alkanes of at least 4 members (excludes halogenated alkanes) is 17. The van der Waals surface area contributed by atoms with E-state index < -0.39 is 12.3 Å². The summed E-state index contributed by atoms with van der Waals surface area (Å²) >= 11 is 0. The van der Waals surface area contributed by atoms with Gasteiger partial charge < -0.3 is 28.6 Å². The minimum atomic E-state index is -0.680. The van der Waals surface area contributed by atoms with Crippen molar-refractivity contribution in [3.8, 4) is 0 Å². The van der Waals surface area contributed by atoms with E-state index in [0.29, 0.717) is 38.7 Å². The van der Waals surface area contributed by atoms with Gasteiger partial charge in [-0.1, -0.05) is 130 Å². The lowest BCUT2D eigenvalue weighted by Gasteiger charge is -2.19. The molecule has 0 spiro atoms. The fourth-order valence-electron chi connectivity index (χ4n) is 6.05. The van der Waals surface area contributed by atoms with E-state index in [2.05, 4.69) is 20.8 Å². The summed E-state index contributed by atoms with van der Waals surface area (Å²) in [6.07, 6.45) is 24.5. The molecule has 1 unspecified atom stereocenters. The Kier molecular flexibility index (Phi) is 36.2. The molecule has 0 radical (unpaired) electrons. The Balaban J connectivity index is 4.87. The monoisotopic (exact) mass is 756 g/mol. The molecule has 0 aromatic carbocycles. The van der Waals surface area contributed by atoms with E-state index in [0.717, 1.165) is 96.4 Å². The van der Waals surface area contributed by atoms with E-state index in [4.69, 9.17) is 23.7 Å². The lowest BCUT2D eigenvalue weighted by atomic mass is 10.0. The van der Waals surface area contributed by atoms with Crippen molar-refractivity contribution < 1.29 is 42.9 Å². The zero-order valence-electron chi connectivity index (χ0n) is 34.9. The second kappa shape index (κ2) is 37.9. The van der Waals surface area contributed by atoms with Gasteiger partial charge in [0.05, 0.1) is 26.4 Å². The fraction of sp³-hybridized carbons (Fsp3) is 0.907. The normalized spacial score (nSPS) is 11.8. The van der Waals surface area contributed by atoms with Gasteiger partial charge in [0.15, 0.2) is 0 Å². The first-order valence-electron chi connectivity index (χ1n) is 21.7. The van der Waals surface area contributed by atoms with Crippen LogP contribution in [0.25, 0.3) is 0 Å². The smallest absolute Gasteiger partial charge is 0.466 e. The van der Waals surface area contributed by atoms with Crippen molar-refractivity contribution in [3.05, 3.63) is 0 Å². The Morgan fingerprint density at radius 1 is 0.453 bits per heavy atom. The summed E-state index contributed by atoms with van der Waals surface area (Å²) < 4.78 is 27.6. The zero-order chi connectivity index (χ0) is 39.2. The Bertz CT molecular complexity index is 852. The highest BCUT2D eigenvalue weighted by Gasteiger charge is 2.20. The quantitative estimate of drug-likeness (QED) is 0.0342. The molecule has 1 atom stereocenters. The Morgan fingerprint density at radius 2 is 0.906 bits per heavy atom. The van der Waals surface area contributed by atoms with Gasteiger partial charge in [-0.2, -0.15) is 0 Å². The number of hydrogen-bond acceptors (Lipinski definition) is 10. The third-order valence-corrected chi connectivity index (χ3v) is 9.50. The van der Waals surface area contributed by atoms with Crippen LogP contribution in [-0.4, -0.2) is 82.1 Å². The summed E-state index contributed by atoms with van der Waals surface area (Å²) in [7, 11) is 3.94. The van der Waals surface area contributed by atoms with Gasteiger partial charge in [-0.3, -0.25) is 14.4 Å². The predicted molar refractivity (Wildman–Crippen MR) is 213 cm³/mol. The predicted octanol–water partition coefficient (Wildman–Crippen LogP) is 10.9. The SMILES string of the molecule is CCCCCCCCCCCCC(CCOC(=O)CCC(COC(=O)CCCCCCC)COC(=O)CCCCCCC)OC(=O)OCCCN(C)C. The molecule has 0 heterocycles. The van der Waals surface area contributed by atoms with E-state index >= 15 is 0 Å². The minimum absolute atomic E-state index is 0.0935. The van der Waals surface area contributed by atoms with Gasteiger partial charge in [0, 0.05) is 38.1 Å². The van der Waals surface area contributed by atoms with Gasteiger partial charge in [-0.15, -0.1) is 0 Å². The van der Waals surface area contributed by atoms with Crippen molar-refractivity contribution in [1.29, 1.82) is 0 Å². The van der Waals surface area contributed by atoms with Crippen LogP contribution in [0.3, 0.4) is 0 Å². The summed E-state index contributed by atoms with van der Waals surface area (Å²) in [6, 6.07) is 0. The summed E-state index contributed by atoms with van der Waals surface area (Å²) in [5, 5.41) is 0. The van der Waals surface area contributed by atoms with Crippen LogP contribution in [0.1, 0.15) is 194 Å². The molecule has 0 aromatic rings. The second-order valence-corrected chi connectivity index (χ2v) is 15.1. The topological polar surface area (TPSA) is 118 Å². The first kappa shape index (κ1) is 50.6. The molecule has 0 fully saturated rings. The van der Waals surface area contributed by atoms with Crippen LogP contribution in [-0.2, 0) is 38.1 Å². The van der Waals surface area contributed by atoms with Crippen molar-refractivity contribution in [3.63, 3.8) is 0 Å². The van der Waals surface area contributed by atoms with Crippen LogP contribution in [0, 0.1) is 5.92 Å². The molecule has 0 saturated heterocycles. The van der Waals surface area contributed by atoms with Gasteiger partial charge in [-0.05, 0) is 52.6 Å². The summed E-state index contributed by atoms with van der Waals surface area (Å²) in [4.78, 5) is 52.0. The largest absolute Gasteiger partial charge is 0.508 e. The number of hydrogen-bond donors (Lipinski definition) is 0. The van der Waals surface area contributed by atoms with Crippen LogP contribution in [0.4, 0.5) is 4.79 Å². The molecule has 0 aromatic heterocycles. The molecule has 0 aliphatic rings. The van der Waals surface area contributed by atoms with E-state index in [1.807, 2.05) is 19.0 Å². The van der Waals surface area contributed by atoms with Crippen LogP contribution >= 0.6 is 0 Å². The van der Waals surface area contributed by atoms with E-state index in [9.17, 15) is 19.2 Å². The lowest BCUT2D eigenvalue weighted by molar-refractivity contribution is -0.149. The average Bonchev–Trinajstić information content (AvgIpc) is 3.13. The molecule has 53 heavy (non-hydrogen) atoms. The molecule has 0 aliphatic heterocycles. The minimum Gasteiger partial charge on any atom is -0.466 e. The number of ether oxygens (including phenoxy) is 5. The number of rotatable bonds is 38. The van der Waals surface area contributed by atoms with Crippen LogP contribution in [0.5, 0.6) is 0 Å². The maximum Gasteiger partial charge on any atom is 0.508 e. The first-order valence-corrected chi connectivity index (χ1v) is 21.7. The Morgan fingerprint density at radius 3 is 1.40 bits per heavy atom. The van der Waals surface area contributed by atoms with E-state index in [1.54, 1.807) is 0 Å². The van der Waals surface area contributed by atoms with Crippen molar-refractivity contribution >= 4 is 24.1 Å². The molecule has 312 valence electrons. The van der Waals surface area contributed by atoms with Crippen molar-refractivity contribution in [2.75, 3.05) is 47.1 Å². The lowest BCUT2D eigenvalue weighted by Crippen LogP contribution is -2.24. The summed E-state index contributed by atoms with van der Waals surface area (Å²) in [5.41, 5.74) is 0. The molecule has 0 N–H and O–H groups in total. The zero-order valence-corrected chi connectivity index (χ0v) is 34.9. The summed E-state index contributed by atoms with van der Waals surface area (Å²) in [6.45, 7) is 7.97. The van der Waals surface area contributed by atoms with Crippen LogP contribution < -0.4 is 0 Å². The fourth-order valence-corrected chi connectivity index (χ4v) is 6.05. The highest BCUT2D eigenvalue weighted by atomic mass is 16.7. The van der Waals surface area contributed by atoms with Gasteiger partial charge in [0.25, 0.3) is 0 Å². The number of carbonyl (C=O) groups is 4. The van der Waals surface area contributed by atoms with Crippen molar-refractivity contribution in [2.24, 2.45) is 5.92 Å². The van der Waals surface area contributed by atoms with Gasteiger partial charge in [0.1, 0.15) is 6.10 Å². The average molecular weight is 756 g/mol. The number of carbonyl (C=O) groups excluding carboxylic acids is 4. The van der Waals surface area contributed by atoms with Crippen molar-refractivity contribution in [1.82, 2.24) is 4.90 Å². The van der Waals surface area contributed by atoms with Crippen molar-refractivity contribution in [2.45, 2.75) is 200 Å². The van der Waals surface area contributed by atoms with Gasteiger partial charge >= 0.3 is 24.1 Å². The maximum absolute atomic E-state index is 12.8. The number of esters is 3. The second-order valence-electron chi connectivity index (χ2n) is 15.1. The van der Waals surface area contributed by atoms with E-state index in [1.165, 1.54) is 44.9 Å². The Hall–Kier alpha value is -2.36. The molecular weight excluding hydrogens is 674 g/mol. The number of nitrogens with zero attached hydrogens (tertiary/aromatic N) is 1. The molecule has 0 saturated carbocycles. The molecule has 0 aliphatic carbocycles. The molecule has 10 nitrogen and oxygen atoms in total. The molecule has 0 rings (SSSR count).